The number of amides is 1. The molecule has 24 heavy (non-hydrogen) atoms. The van der Waals surface area contributed by atoms with Crippen LogP contribution in [0.4, 0.5) is 0 Å². The van der Waals surface area contributed by atoms with Crippen LogP contribution in [0.2, 0.25) is 0 Å². The van der Waals surface area contributed by atoms with Crippen molar-refractivity contribution in [3.8, 4) is 0 Å². The molecule has 2 aliphatic heterocycles. The third kappa shape index (κ3) is 2.14. The molecule has 2 N–H and O–H groups in total. The highest BCUT2D eigenvalue weighted by Gasteiger charge is 2.59. The summed E-state index contributed by atoms with van der Waals surface area (Å²) in [6.45, 7) is 5.71. The number of hydrogen-bond donors (Lipinski definition) is 1. The Balaban J connectivity index is 0.00000208. The van der Waals surface area contributed by atoms with E-state index in [0.29, 0.717) is 11.5 Å². The van der Waals surface area contributed by atoms with Crippen molar-refractivity contribution in [1.29, 1.82) is 0 Å². The summed E-state index contributed by atoms with van der Waals surface area (Å²) in [5, 5.41) is 9.51. The van der Waals surface area contributed by atoms with Crippen molar-refractivity contribution < 1.29 is 24.7 Å². The second-order valence-corrected chi connectivity index (χ2v) is 6.71. The van der Waals surface area contributed by atoms with Crippen LogP contribution in [-0.2, 0) is 4.79 Å². The second kappa shape index (κ2) is 5.64. The Kier molecular flexibility index (Phi) is 4.24. The van der Waals surface area contributed by atoms with Crippen LogP contribution in [0.15, 0.2) is 23.3 Å². The lowest BCUT2D eigenvalue weighted by molar-refractivity contribution is -0.747. The van der Waals surface area contributed by atoms with Crippen molar-refractivity contribution in [2.45, 2.75) is 32.6 Å². The topological polar surface area (TPSA) is 107 Å². The van der Waals surface area contributed by atoms with Crippen LogP contribution >= 0.6 is 0 Å². The minimum Gasteiger partial charge on any atom is -0.870 e. The standard InChI is InChI=1S/C16H20N4O3.H2O/c1-9(2)16(3)14(23)20-12(17-16)11-10(13(21)22)7-6-8-19(11)15(20)18(4)5;/h6-9,15H,1-5H3;1H2. The van der Waals surface area contributed by atoms with Gasteiger partial charge in [0.25, 0.3) is 11.6 Å². The molecule has 8 heteroatoms. The summed E-state index contributed by atoms with van der Waals surface area (Å²) in [6, 6.07) is 3.22. The molecule has 2 unspecified atom stereocenters. The van der Waals surface area contributed by atoms with E-state index in [9.17, 15) is 14.7 Å². The molecule has 0 saturated heterocycles. The fourth-order valence-electron chi connectivity index (χ4n) is 3.15. The average Bonchev–Trinajstić information content (AvgIpc) is 2.92. The molecule has 8 nitrogen and oxygen atoms in total. The lowest BCUT2D eigenvalue weighted by Gasteiger charge is -2.28. The molecule has 0 fully saturated rings. The number of aromatic nitrogens is 1. The molecule has 3 rings (SSSR count). The Labute approximate surface area is 140 Å². The van der Waals surface area contributed by atoms with E-state index in [0.717, 1.165) is 0 Å². The van der Waals surface area contributed by atoms with Gasteiger partial charge in [0.1, 0.15) is 11.1 Å². The first kappa shape index (κ1) is 18.0. The highest BCUT2D eigenvalue weighted by molar-refractivity contribution is 6.17. The Morgan fingerprint density at radius 2 is 2.08 bits per heavy atom. The largest absolute Gasteiger partial charge is 0.870 e. The lowest BCUT2D eigenvalue weighted by Crippen LogP contribution is -2.55. The van der Waals surface area contributed by atoms with Crippen molar-refractivity contribution in [1.82, 2.24) is 9.80 Å². The van der Waals surface area contributed by atoms with E-state index in [-0.39, 0.29) is 22.9 Å². The quantitative estimate of drug-likeness (QED) is 0.811. The van der Waals surface area contributed by atoms with Gasteiger partial charge in [-0.2, -0.15) is 4.57 Å². The first-order valence-corrected chi connectivity index (χ1v) is 7.58. The van der Waals surface area contributed by atoms with Crippen LogP contribution in [0.1, 0.15) is 43.1 Å². The maximum atomic E-state index is 13.0. The number of hydrogen-bond acceptors (Lipinski definition) is 5. The fraction of sp³-hybridized carbons (Fsp3) is 0.500. The monoisotopic (exact) mass is 334 g/mol. The molecular weight excluding hydrogens is 312 g/mol. The van der Waals surface area contributed by atoms with E-state index in [1.54, 1.807) is 27.8 Å². The Bertz CT molecular complexity index is 744. The van der Waals surface area contributed by atoms with Gasteiger partial charge in [-0.3, -0.25) is 4.79 Å². The van der Waals surface area contributed by atoms with Gasteiger partial charge < -0.3 is 10.6 Å². The number of carboxylic acid groups (broad SMARTS) is 1. The Hall–Kier alpha value is -2.32. The number of aliphatic imine (C=N–C) groups is 1. The molecule has 2 aliphatic rings. The molecule has 0 aromatic carbocycles. The number of carbonyl (C=O) groups is 2. The molecule has 0 spiro atoms. The maximum absolute atomic E-state index is 13.0. The van der Waals surface area contributed by atoms with E-state index in [1.807, 2.05) is 39.8 Å². The molecule has 0 bridgehead atoms. The summed E-state index contributed by atoms with van der Waals surface area (Å²) in [6.07, 6.45) is 1.38. The number of rotatable bonds is 3. The minimum atomic E-state index is -1.03. The van der Waals surface area contributed by atoms with Crippen molar-refractivity contribution in [2.75, 3.05) is 14.1 Å². The number of nitrogens with zero attached hydrogens (tertiary/aromatic N) is 4. The molecular formula is C16H22N4O4. The average molecular weight is 334 g/mol. The lowest BCUT2D eigenvalue weighted by atomic mass is 9.89. The molecule has 3 heterocycles. The number of carbonyl (C=O) groups excluding carboxylic acids is 1. The van der Waals surface area contributed by atoms with Gasteiger partial charge in [-0.15, -0.1) is 0 Å². The van der Waals surface area contributed by atoms with Gasteiger partial charge in [-0.05, 0) is 33.0 Å². The van der Waals surface area contributed by atoms with Gasteiger partial charge >= 0.3 is 12.3 Å². The van der Waals surface area contributed by atoms with Gasteiger partial charge in [-0.25, -0.2) is 19.6 Å². The SMILES string of the molecule is CC(C)C1(C)N=C2c3c(C(=O)O)ccc[n+]3C(N(C)C)N2C1=O.[OH-]. The van der Waals surface area contributed by atoms with Crippen LogP contribution in [0, 0.1) is 5.92 Å². The molecule has 2 atom stereocenters. The molecule has 1 amide bonds. The third-order valence-electron chi connectivity index (χ3n) is 4.75. The van der Waals surface area contributed by atoms with E-state index in [4.69, 9.17) is 0 Å². The van der Waals surface area contributed by atoms with Gasteiger partial charge in [0, 0.05) is 6.07 Å². The highest BCUT2D eigenvalue weighted by Crippen LogP contribution is 2.37. The zero-order valence-electron chi connectivity index (χ0n) is 14.4. The van der Waals surface area contributed by atoms with Crippen LogP contribution in [0.25, 0.3) is 0 Å². The minimum absolute atomic E-state index is 0. The first-order valence-electron chi connectivity index (χ1n) is 7.58. The molecule has 1 aromatic rings. The Morgan fingerprint density at radius 3 is 2.58 bits per heavy atom. The molecule has 0 aliphatic carbocycles. The normalized spacial score (nSPS) is 24.8. The summed E-state index contributed by atoms with van der Waals surface area (Å²) < 4.78 is 1.79. The summed E-state index contributed by atoms with van der Waals surface area (Å²) in [7, 11) is 3.71. The van der Waals surface area contributed by atoms with Gasteiger partial charge in [-0.1, -0.05) is 13.8 Å². The van der Waals surface area contributed by atoms with E-state index in [1.165, 1.54) is 0 Å². The van der Waals surface area contributed by atoms with Crippen LogP contribution in [0.3, 0.4) is 0 Å². The highest BCUT2D eigenvalue weighted by atomic mass is 16.4. The maximum Gasteiger partial charge on any atom is 0.342 e. The predicted octanol–water partition coefficient (Wildman–Crippen LogP) is 0.530. The van der Waals surface area contributed by atoms with Crippen molar-refractivity contribution in [2.24, 2.45) is 10.9 Å². The predicted molar refractivity (Wildman–Crippen MR) is 84.9 cm³/mol. The molecule has 0 radical (unpaired) electrons. The van der Waals surface area contributed by atoms with E-state index < -0.39 is 17.8 Å². The zero-order chi connectivity index (χ0) is 17.1. The number of pyridine rings is 1. The first-order chi connectivity index (χ1) is 10.7. The summed E-state index contributed by atoms with van der Waals surface area (Å²) >= 11 is 0. The Morgan fingerprint density at radius 1 is 1.46 bits per heavy atom. The molecule has 1 aromatic heterocycles. The van der Waals surface area contributed by atoms with Gasteiger partial charge in [0.2, 0.25) is 5.84 Å². The van der Waals surface area contributed by atoms with Crippen LogP contribution < -0.4 is 4.57 Å². The summed E-state index contributed by atoms with van der Waals surface area (Å²) in [5.74, 6) is -0.660. The number of amidine groups is 1. The van der Waals surface area contributed by atoms with Crippen molar-refractivity contribution >= 4 is 17.7 Å². The number of carboxylic acids is 1. The van der Waals surface area contributed by atoms with Gasteiger partial charge in [0.15, 0.2) is 6.20 Å². The van der Waals surface area contributed by atoms with E-state index >= 15 is 0 Å². The zero-order valence-corrected chi connectivity index (χ0v) is 14.4. The van der Waals surface area contributed by atoms with Crippen LogP contribution in [-0.4, -0.2) is 57.7 Å². The molecule has 0 saturated carbocycles. The van der Waals surface area contributed by atoms with Crippen molar-refractivity contribution in [3.05, 3.63) is 29.6 Å². The van der Waals surface area contributed by atoms with Gasteiger partial charge in [0.05, 0.1) is 0 Å². The van der Waals surface area contributed by atoms with Crippen molar-refractivity contribution in [3.63, 3.8) is 0 Å². The van der Waals surface area contributed by atoms with Crippen LogP contribution in [0.5, 0.6) is 0 Å². The molecule has 130 valence electrons. The summed E-state index contributed by atoms with van der Waals surface area (Å²) in [5.41, 5.74) is -0.231. The second-order valence-electron chi connectivity index (χ2n) is 6.71. The number of aromatic carboxylic acids is 1. The summed E-state index contributed by atoms with van der Waals surface area (Å²) in [4.78, 5) is 32.8. The third-order valence-corrected chi connectivity index (χ3v) is 4.75. The van der Waals surface area contributed by atoms with E-state index in [2.05, 4.69) is 4.99 Å². The smallest absolute Gasteiger partial charge is 0.342 e. The number of fused-ring (bicyclic) bond motifs is 3. The fourth-order valence-corrected chi connectivity index (χ4v) is 3.15.